The minimum absolute atomic E-state index is 0.427. The van der Waals surface area contributed by atoms with E-state index in [-0.39, 0.29) is 0 Å². The van der Waals surface area contributed by atoms with Crippen LogP contribution >= 0.6 is 0 Å². The van der Waals surface area contributed by atoms with Crippen molar-refractivity contribution in [2.24, 2.45) is 0 Å². The van der Waals surface area contributed by atoms with Crippen molar-refractivity contribution in [3.8, 4) is 5.75 Å². The number of hydrogen-bond acceptors (Lipinski definition) is 6. The van der Waals surface area contributed by atoms with Crippen LogP contribution in [0.4, 0.5) is 22.7 Å². The molecule has 0 heterocycles. The van der Waals surface area contributed by atoms with Crippen LogP contribution in [0.15, 0.2) is 36.4 Å². The topological polar surface area (TPSA) is 134 Å². The van der Waals surface area contributed by atoms with Gasteiger partial charge in [-0.2, -0.15) is 0 Å². The van der Waals surface area contributed by atoms with Crippen LogP contribution in [-0.4, -0.2) is 11.4 Å². The van der Waals surface area contributed by atoms with E-state index in [0.717, 1.165) is 16.9 Å². The predicted octanol–water partition coefficient (Wildman–Crippen LogP) is 1.73. The van der Waals surface area contributed by atoms with E-state index in [9.17, 15) is 0 Å². The Morgan fingerprint density at radius 2 is 1.48 bits per heavy atom. The van der Waals surface area contributed by atoms with Crippen molar-refractivity contribution in [3.05, 3.63) is 42.0 Å². The van der Waals surface area contributed by atoms with Crippen molar-refractivity contribution >= 4 is 22.7 Å². The Bertz CT molecular complexity index is 600. The van der Waals surface area contributed by atoms with Crippen molar-refractivity contribution < 1.29 is 9.84 Å². The monoisotopic (exact) mass is 290 g/mol. The average Bonchev–Trinajstić information content (AvgIpc) is 2.38. The van der Waals surface area contributed by atoms with E-state index in [1.807, 2.05) is 19.1 Å². The number of rotatable bonds is 2. The fourth-order valence-corrected chi connectivity index (χ4v) is 1.56. The van der Waals surface area contributed by atoms with E-state index in [1.54, 1.807) is 24.3 Å². The first kappa shape index (κ1) is 16.5. The molecule has 2 aromatic carbocycles. The predicted molar refractivity (Wildman–Crippen MR) is 87.6 cm³/mol. The largest absolute Gasteiger partial charge is 0.463 e. The molecule has 1 unspecified atom stereocenters. The van der Waals surface area contributed by atoms with Crippen LogP contribution < -0.4 is 27.7 Å². The fraction of sp³-hybridized carbons (Fsp3) is 0.200. The van der Waals surface area contributed by atoms with Crippen molar-refractivity contribution in [2.75, 3.05) is 22.9 Å². The Kier molecular flexibility index (Phi) is 5.68. The van der Waals surface area contributed by atoms with Gasteiger partial charge in [0, 0.05) is 17.1 Å². The van der Waals surface area contributed by atoms with E-state index >= 15 is 0 Å². The van der Waals surface area contributed by atoms with E-state index in [1.165, 1.54) is 6.92 Å². The third kappa shape index (κ3) is 5.50. The molecule has 9 N–H and O–H groups in total. The number of benzene rings is 2. The Morgan fingerprint density at radius 3 is 1.95 bits per heavy atom. The summed E-state index contributed by atoms with van der Waals surface area (Å²) in [4.78, 5) is 0. The Balaban J connectivity index is 0.000000219. The molecule has 21 heavy (non-hydrogen) atoms. The minimum Gasteiger partial charge on any atom is -0.463 e. The second-order valence-electron chi connectivity index (χ2n) is 4.63. The Labute approximate surface area is 124 Å². The highest BCUT2D eigenvalue weighted by atomic mass is 16.6. The van der Waals surface area contributed by atoms with Gasteiger partial charge in [0.05, 0.1) is 5.69 Å². The van der Waals surface area contributed by atoms with Crippen LogP contribution in [-0.2, 0) is 0 Å². The van der Waals surface area contributed by atoms with E-state index in [0.29, 0.717) is 17.1 Å². The average molecular weight is 290 g/mol. The number of aliphatic hydroxyl groups is 1. The number of ether oxygens (including phenoxy) is 1. The maximum atomic E-state index is 8.89. The quantitative estimate of drug-likeness (QED) is 0.422. The van der Waals surface area contributed by atoms with Crippen molar-refractivity contribution in [2.45, 2.75) is 20.1 Å². The van der Waals surface area contributed by atoms with Gasteiger partial charge in [-0.3, -0.25) is 0 Å². The molecular weight excluding hydrogens is 268 g/mol. The van der Waals surface area contributed by atoms with Crippen molar-refractivity contribution in [1.29, 1.82) is 0 Å². The number of aliphatic hydroxyl groups excluding tert-OH is 1. The standard InChI is InChI=1S/C8H12N2O2.C7H10N2/c1-5(11)12-8-3-2-6(9)4-7(8)10;1-5-4-6(8)2-3-7(5)9/h2-5,11H,9-10H2,1H3;2-4H,8-9H2,1H3. The second-order valence-corrected chi connectivity index (χ2v) is 4.63. The van der Waals surface area contributed by atoms with Gasteiger partial charge >= 0.3 is 0 Å². The molecule has 2 rings (SSSR count). The molecule has 6 heteroatoms. The Morgan fingerprint density at radius 1 is 0.905 bits per heavy atom. The smallest absolute Gasteiger partial charge is 0.194 e. The number of anilines is 4. The molecule has 0 bridgehead atoms. The zero-order valence-electron chi connectivity index (χ0n) is 12.2. The van der Waals surface area contributed by atoms with E-state index < -0.39 is 6.29 Å². The van der Waals surface area contributed by atoms with Crippen LogP contribution in [0.5, 0.6) is 5.75 Å². The highest BCUT2D eigenvalue weighted by Gasteiger charge is 2.02. The first-order valence-corrected chi connectivity index (χ1v) is 6.41. The molecule has 0 aliphatic rings. The molecule has 0 amide bonds. The summed E-state index contributed by atoms with van der Waals surface area (Å²) in [5.74, 6) is 0.444. The first-order chi connectivity index (χ1) is 9.79. The summed E-state index contributed by atoms with van der Waals surface area (Å²) in [6, 6.07) is 10.3. The number of aryl methyl sites for hydroxylation is 1. The number of nitrogens with two attached hydrogens (primary N) is 4. The SMILES string of the molecule is CC(O)Oc1ccc(N)cc1N.Cc1cc(N)ccc1N. The summed E-state index contributed by atoms with van der Waals surface area (Å²) in [6.07, 6.45) is -0.865. The third-order valence-corrected chi connectivity index (χ3v) is 2.63. The van der Waals surface area contributed by atoms with E-state index in [4.69, 9.17) is 32.8 Å². The first-order valence-electron chi connectivity index (χ1n) is 6.41. The molecule has 6 nitrogen and oxygen atoms in total. The molecule has 2 aromatic rings. The van der Waals surface area contributed by atoms with Gasteiger partial charge in [-0.15, -0.1) is 0 Å². The Hall–Kier alpha value is -2.60. The molecule has 0 spiro atoms. The molecule has 0 fully saturated rings. The highest BCUT2D eigenvalue weighted by molar-refractivity contribution is 5.60. The minimum atomic E-state index is -0.865. The summed E-state index contributed by atoms with van der Waals surface area (Å²) >= 11 is 0. The van der Waals surface area contributed by atoms with Crippen LogP contribution in [0.25, 0.3) is 0 Å². The molecule has 0 saturated carbocycles. The lowest BCUT2D eigenvalue weighted by Gasteiger charge is -2.10. The van der Waals surface area contributed by atoms with Gasteiger partial charge in [-0.05, 0) is 55.8 Å². The molecule has 1 atom stereocenters. The highest BCUT2D eigenvalue weighted by Crippen LogP contribution is 2.24. The summed E-state index contributed by atoms with van der Waals surface area (Å²) in [5.41, 5.74) is 25.6. The van der Waals surface area contributed by atoms with E-state index in [2.05, 4.69) is 0 Å². The van der Waals surface area contributed by atoms with Crippen molar-refractivity contribution in [3.63, 3.8) is 0 Å². The van der Waals surface area contributed by atoms with Gasteiger partial charge in [-0.1, -0.05) is 0 Å². The molecular formula is C15H22N4O2. The van der Waals surface area contributed by atoms with Gasteiger partial charge < -0.3 is 32.8 Å². The zero-order valence-corrected chi connectivity index (χ0v) is 12.2. The van der Waals surface area contributed by atoms with Gasteiger partial charge in [0.2, 0.25) is 0 Å². The van der Waals surface area contributed by atoms with Crippen LogP contribution in [0.2, 0.25) is 0 Å². The van der Waals surface area contributed by atoms with Crippen LogP contribution in [0.1, 0.15) is 12.5 Å². The third-order valence-electron chi connectivity index (χ3n) is 2.63. The molecule has 114 valence electrons. The van der Waals surface area contributed by atoms with Gasteiger partial charge in [0.25, 0.3) is 0 Å². The fourth-order valence-electron chi connectivity index (χ4n) is 1.56. The zero-order chi connectivity index (χ0) is 16.0. The maximum absolute atomic E-state index is 8.89. The van der Waals surface area contributed by atoms with Gasteiger partial charge in [0.15, 0.2) is 6.29 Å². The normalized spacial score (nSPS) is 11.2. The van der Waals surface area contributed by atoms with Crippen LogP contribution in [0, 0.1) is 6.92 Å². The lowest BCUT2D eigenvalue weighted by Crippen LogP contribution is -2.10. The number of nitrogen functional groups attached to an aromatic ring is 4. The summed E-state index contributed by atoms with van der Waals surface area (Å²) in [7, 11) is 0. The lowest BCUT2D eigenvalue weighted by atomic mass is 10.2. The lowest BCUT2D eigenvalue weighted by molar-refractivity contribution is 0.000282. The van der Waals surface area contributed by atoms with Crippen LogP contribution in [0.3, 0.4) is 0 Å². The van der Waals surface area contributed by atoms with Gasteiger partial charge in [0.1, 0.15) is 5.75 Å². The van der Waals surface area contributed by atoms with Crippen molar-refractivity contribution in [1.82, 2.24) is 0 Å². The number of hydrogen-bond donors (Lipinski definition) is 5. The molecule has 0 saturated heterocycles. The molecule has 0 aliphatic carbocycles. The summed E-state index contributed by atoms with van der Waals surface area (Å²) in [6.45, 7) is 3.45. The second kappa shape index (κ2) is 7.25. The maximum Gasteiger partial charge on any atom is 0.194 e. The summed E-state index contributed by atoms with van der Waals surface area (Å²) < 4.78 is 4.97. The molecule has 0 aliphatic heterocycles. The van der Waals surface area contributed by atoms with Gasteiger partial charge in [-0.25, -0.2) is 0 Å². The molecule has 0 aromatic heterocycles. The molecule has 0 radical (unpaired) electrons. The summed E-state index contributed by atoms with van der Waals surface area (Å²) in [5, 5.41) is 8.89.